The summed E-state index contributed by atoms with van der Waals surface area (Å²) in [4.78, 5) is 11.9. The van der Waals surface area contributed by atoms with Crippen molar-refractivity contribution < 1.29 is 13.6 Å². The molecule has 0 aromatic heterocycles. The molecular weight excluding hydrogens is 295 g/mol. The quantitative estimate of drug-likeness (QED) is 0.868. The molecule has 1 N–H and O–H groups in total. The fourth-order valence-corrected chi connectivity index (χ4v) is 1.95. The highest BCUT2D eigenvalue weighted by molar-refractivity contribution is 6.37. The third-order valence-corrected chi connectivity index (χ3v) is 2.90. The minimum atomic E-state index is -0.863. The molecule has 0 atom stereocenters. The molecule has 0 unspecified atom stereocenters. The van der Waals surface area contributed by atoms with Crippen LogP contribution in [0.25, 0.3) is 0 Å². The molecule has 1 amide bonds. The first kappa shape index (κ1) is 13.8. The van der Waals surface area contributed by atoms with Crippen molar-refractivity contribution in [3.05, 3.63) is 63.6 Å². The Hall–Kier alpha value is -1.65. The number of benzene rings is 2. The van der Waals surface area contributed by atoms with Crippen molar-refractivity contribution in [1.29, 1.82) is 0 Å². The summed E-state index contributed by atoms with van der Waals surface area (Å²) in [6.45, 7) is 0. The fourth-order valence-electron chi connectivity index (χ4n) is 1.45. The second-order valence-electron chi connectivity index (χ2n) is 3.70. The lowest BCUT2D eigenvalue weighted by atomic mass is 10.2. The topological polar surface area (TPSA) is 29.1 Å². The lowest BCUT2D eigenvalue weighted by Crippen LogP contribution is -2.13. The van der Waals surface area contributed by atoms with Gasteiger partial charge in [0, 0.05) is 11.1 Å². The average molecular weight is 302 g/mol. The van der Waals surface area contributed by atoms with Gasteiger partial charge in [-0.25, -0.2) is 8.78 Å². The molecule has 2 rings (SSSR count). The van der Waals surface area contributed by atoms with Gasteiger partial charge in [0.25, 0.3) is 5.91 Å². The molecule has 0 aliphatic carbocycles. The number of hydrogen-bond acceptors (Lipinski definition) is 1. The molecule has 6 heteroatoms. The maximum absolute atomic E-state index is 13.4. The van der Waals surface area contributed by atoms with Crippen LogP contribution >= 0.6 is 23.2 Å². The Bertz CT molecular complexity index is 647. The summed E-state index contributed by atoms with van der Waals surface area (Å²) < 4.78 is 26.1. The zero-order valence-corrected chi connectivity index (χ0v) is 10.9. The number of amides is 1. The van der Waals surface area contributed by atoms with E-state index in [-0.39, 0.29) is 16.3 Å². The van der Waals surface area contributed by atoms with E-state index in [9.17, 15) is 13.6 Å². The number of nitrogens with one attached hydrogen (secondary N) is 1. The number of anilines is 1. The molecule has 0 bridgehead atoms. The number of hydrogen-bond donors (Lipinski definition) is 1. The highest BCUT2D eigenvalue weighted by atomic mass is 35.5. The third kappa shape index (κ3) is 3.22. The molecule has 2 nitrogen and oxygen atoms in total. The van der Waals surface area contributed by atoms with Crippen molar-refractivity contribution in [3.63, 3.8) is 0 Å². The van der Waals surface area contributed by atoms with Gasteiger partial charge in [-0.1, -0.05) is 23.2 Å². The smallest absolute Gasteiger partial charge is 0.257 e. The van der Waals surface area contributed by atoms with Gasteiger partial charge in [-0.15, -0.1) is 0 Å². The molecule has 0 spiro atoms. The van der Waals surface area contributed by atoms with Gasteiger partial charge in [0.05, 0.1) is 16.3 Å². The Morgan fingerprint density at radius 1 is 1.05 bits per heavy atom. The first-order valence-electron chi connectivity index (χ1n) is 5.19. The van der Waals surface area contributed by atoms with Gasteiger partial charge in [0.2, 0.25) is 0 Å². The van der Waals surface area contributed by atoms with Crippen molar-refractivity contribution in [2.24, 2.45) is 0 Å². The van der Waals surface area contributed by atoms with E-state index >= 15 is 0 Å². The molecule has 0 radical (unpaired) electrons. The summed E-state index contributed by atoms with van der Waals surface area (Å²) in [5.41, 5.74) is 0.0206. The Morgan fingerprint density at radius 2 is 1.79 bits per heavy atom. The van der Waals surface area contributed by atoms with E-state index in [1.165, 1.54) is 18.2 Å². The van der Waals surface area contributed by atoms with Gasteiger partial charge < -0.3 is 5.32 Å². The van der Waals surface area contributed by atoms with E-state index in [0.29, 0.717) is 11.1 Å². The van der Waals surface area contributed by atoms with Crippen molar-refractivity contribution >= 4 is 34.8 Å². The monoisotopic (exact) mass is 301 g/mol. The van der Waals surface area contributed by atoms with Crippen LogP contribution < -0.4 is 5.32 Å². The molecule has 19 heavy (non-hydrogen) atoms. The maximum Gasteiger partial charge on any atom is 0.257 e. The normalized spacial score (nSPS) is 10.3. The maximum atomic E-state index is 13.4. The minimum absolute atomic E-state index is 0.127. The third-order valence-electron chi connectivity index (χ3n) is 2.36. The summed E-state index contributed by atoms with van der Waals surface area (Å²) >= 11 is 11.6. The largest absolute Gasteiger partial charge is 0.319 e. The van der Waals surface area contributed by atoms with Crippen LogP contribution in [0.15, 0.2) is 36.4 Å². The van der Waals surface area contributed by atoms with Gasteiger partial charge in [-0.2, -0.15) is 0 Å². The summed E-state index contributed by atoms with van der Waals surface area (Å²) in [6.07, 6.45) is 0. The lowest BCUT2D eigenvalue weighted by molar-refractivity contribution is 0.102. The Labute approximate surface area is 118 Å². The van der Waals surface area contributed by atoms with Crippen LogP contribution in [0, 0.1) is 11.6 Å². The van der Waals surface area contributed by atoms with E-state index in [0.717, 1.165) is 12.1 Å². The molecule has 98 valence electrons. The highest BCUT2D eigenvalue weighted by Gasteiger charge is 2.13. The molecule has 2 aromatic rings. The summed E-state index contributed by atoms with van der Waals surface area (Å²) in [7, 11) is 0. The van der Waals surface area contributed by atoms with Gasteiger partial charge in [-0.05, 0) is 30.3 Å². The summed E-state index contributed by atoms with van der Waals surface area (Å²) in [5.74, 6) is -2.19. The number of rotatable bonds is 2. The van der Waals surface area contributed by atoms with Crippen LogP contribution in [0.5, 0.6) is 0 Å². The Balaban J connectivity index is 2.25. The van der Waals surface area contributed by atoms with Crippen molar-refractivity contribution in [2.45, 2.75) is 0 Å². The minimum Gasteiger partial charge on any atom is -0.319 e. The molecule has 0 saturated heterocycles. The SMILES string of the molecule is O=C(Nc1ccc(F)cc1F)c1ccc(Cl)cc1Cl. The standard InChI is InChI=1S/C13H7Cl2F2NO/c14-7-1-3-9(10(15)5-7)13(19)18-12-4-2-8(16)6-11(12)17/h1-6H,(H,18,19). The molecule has 0 aliphatic heterocycles. The van der Waals surface area contributed by atoms with Crippen LogP contribution in [0.2, 0.25) is 10.0 Å². The van der Waals surface area contributed by atoms with Crippen molar-refractivity contribution in [1.82, 2.24) is 0 Å². The van der Waals surface area contributed by atoms with Gasteiger partial charge in [0.15, 0.2) is 0 Å². The van der Waals surface area contributed by atoms with Gasteiger partial charge in [-0.3, -0.25) is 4.79 Å². The van der Waals surface area contributed by atoms with Crippen LogP contribution in [0.1, 0.15) is 10.4 Å². The average Bonchev–Trinajstić information content (AvgIpc) is 2.32. The lowest BCUT2D eigenvalue weighted by Gasteiger charge is -2.08. The predicted octanol–water partition coefficient (Wildman–Crippen LogP) is 4.52. The van der Waals surface area contributed by atoms with E-state index in [4.69, 9.17) is 23.2 Å². The van der Waals surface area contributed by atoms with Crippen LogP contribution in [0.4, 0.5) is 14.5 Å². The molecule has 2 aromatic carbocycles. The van der Waals surface area contributed by atoms with Crippen molar-refractivity contribution in [3.8, 4) is 0 Å². The van der Waals surface area contributed by atoms with Crippen LogP contribution in [-0.4, -0.2) is 5.91 Å². The molecule has 0 saturated carbocycles. The second kappa shape index (κ2) is 5.55. The first-order valence-corrected chi connectivity index (χ1v) is 5.94. The van der Waals surface area contributed by atoms with Crippen LogP contribution in [0.3, 0.4) is 0 Å². The summed E-state index contributed by atoms with van der Waals surface area (Å²) in [6, 6.07) is 7.16. The number of carbonyl (C=O) groups is 1. The second-order valence-corrected chi connectivity index (χ2v) is 4.55. The van der Waals surface area contributed by atoms with Gasteiger partial charge in [0.1, 0.15) is 11.6 Å². The zero-order chi connectivity index (χ0) is 14.0. The number of carbonyl (C=O) groups excluding carboxylic acids is 1. The molecular formula is C13H7Cl2F2NO. The van der Waals surface area contributed by atoms with E-state index in [1.54, 1.807) is 0 Å². The number of halogens is 4. The first-order chi connectivity index (χ1) is 8.97. The predicted molar refractivity (Wildman–Crippen MR) is 70.8 cm³/mol. The molecule has 0 fully saturated rings. The van der Waals surface area contributed by atoms with E-state index < -0.39 is 17.5 Å². The zero-order valence-electron chi connectivity index (χ0n) is 9.38. The van der Waals surface area contributed by atoms with E-state index in [2.05, 4.69) is 5.32 Å². The molecule has 0 heterocycles. The van der Waals surface area contributed by atoms with E-state index in [1.807, 2.05) is 0 Å². The fraction of sp³-hybridized carbons (Fsp3) is 0. The Kier molecular flexibility index (Phi) is 4.02. The summed E-state index contributed by atoms with van der Waals surface area (Å²) in [5, 5.41) is 2.84. The van der Waals surface area contributed by atoms with Crippen molar-refractivity contribution in [2.75, 3.05) is 5.32 Å². The van der Waals surface area contributed by atoms with Gasteiger partial charge >= 0.3 is 0 Å². The molecule has 0 aliphatic rings. The highest BCUT2D eigenvalue weighted by Crippen LogP contribution is 2.23. The Morgan fingerprint density at radius 3 is 2.42 bits per heavy atom. The van der Waals surface area contributed by atoms with Crippen LogP contribution in [-0.2, 0) is 0 Å².